The van der Waals surface area contributed by atoms with E-state index in [1.807, 2.05) is 63.2 Å². The number of nitrogens with one attached hydrogen (secondary N) is 4. The van der Waals surface area contributed by atoms with Gasteiger partial charge in [-0.25, -0.2) is 4.79 Å². The zero-order chi connectivity index (χ0) is 23.1. The lowest BCUT2D eigenvalue weighted by atomic mass is 9.96. The van der Waals surface area contributed by atoms with Crippen LogP contribution in [0.3, 0.4) is 0 Å². The highest BCUT2D eigenvalue weighted by Gasteiger charge is 2.42. The number of benzene rings is 2. The fourth-order valence-corrected chi connectivity index (χ4v) is 4.32. The highest BCUT2D eigenvalue weighted by atomic mass is 16.2. The van der Waals surface area contributed by atoms with Gasteiger partial charge in [0, 0.05) is 12.2 Å². The van der Waals surface area contributed by atoms with Gasteiger partial charge in [-0.05, 0) is 50.3 Å². The minimum atomic E-state index is -0.989. The van der Waals surface area contributed by atoms with Crippen LogP contribution in [0.5, 0.6) is 0 Å². The predicted octanol–water partition coefficient (Wildman–Crippen LogP) is 3.48. The van der Waals surface area contributed by atoms with Gasteiger partial charge >= 0.3 is 6.03 Å². The van der Waals surface area contributed by atoms with E-state index >= 15 is 0 Å². The van der Waals surface area contributed by atoms with Crippen LogP contribution in [0.25, 0.3) is 0 Å². The third-order valence-corrected chi connectivity index (χ3v) is 5.89. The molecule has 4 N–H and O–H groups in total. The molecular formula is C25H32N4O3. The van der Waals surface area contributed by atoms with E-state index in [4.69, 9.17) is 0 Å². The van der Waals surface area contributed by atoms with Crippen molar-refractivity contribution in [2.45, 2.75) is 58.5 Å². The van der Waals surface area contributed by atoms with Crippen molar-refractivity contribution in [1.29, 1.82) is 0 Å². The largest absolute Gasteiger partial charge is 0.345 e. The summed E-state index contributed by atoms with van der Waals surface area (Å²) in [5.74, 6) is -0.618. The number of amides is 4. The van der Waals surface area contributed by atoms with Crippen LogP contribution in [0.1, 0.15) is 47.9 Å². The van der Waals surface area contributed by atoms with Crippen LogP contribution in [0.15, 0.2) is 42.5 Å². The summed E-state index contributed by atoms with van der Waals surface area (Å²) in [6.45, 7) is 6.12. The summed E-state index contributed by atoms with van der Waals surface area (Å²) < 4.78 is 0. The molecule has 0 aromatic heterocycles. The van der Waals surface area contributed by atoms with Gasteiger partial charge in [0.1, 0.15) is 5.54 Å². The average Bonchev–Trinajstić information content (AvgIpc) is 3.23. The minimum Gasteiger partial charge on any atom is -0.345 e. The second-order valence-corrected chi connectivity index (χ2v) is 8.59. The van der Waals surface area contributed by atoms with Gasteiger partial charge in [-0.2, -0.15) is 0 Å². The Morgan fingerprint density at radius 3 is 2.16 bits per heavy atom. The van der Waals surface area contributed by atoms with Crippen LogP contribution in [0, 0.1) is 20.8 Å². The summed E-state index contributed by atoms with van der Waals surface area (Å²) in [7, 11) is 0. The molecule has 3 rings (SSSR count). The third-order valence-electron chi connectivity index (χ3n) is 5.89. The number of carbonyl (C=O) groups excluding carboxylic acids is 3. The van der Waals surface area contributed by atoms with Gasteiger partial charge in [-0.3, -0.25) is 9.59 Å². The van der Waals surface area contributed by atoms with Crippen molar-refractivity contribution < 1.29 is 14.4 Å². The van der Waals surface area contributed by atoms with Crippen LogP contribution in [0.4, 0.5) is 10.5 Å². The molecular weight excluding hydrogens is 404 g/mol. The Hall–Kier alpha value is -3.35. The van der Waals surface area contributed by atoms with Gasteiger partial charge in [0.25, 0.3) is 0 Å². The number of anilines is 1. The highest BCUT2D eigenvalue weighted by Crippen LogP contribution is 2.30. The van der Waals surface area contributed by atoms with Crippen molar-refractivity contribution >= 4 is 23.5 Å². The molecule has 1 fully saturated rings. The quantitative estimate of drug-likeness (QED) is 0.535. The molecule has 4 amide bonds. The molecule has 0 spiro atoms. The first-order chi connectivity index (χ1) is 15.3. The molecule has 0 bridgehead atoms. The van der Waals surface area contributed by atoms with Crippen LogP contribution in [0.2, 0.25) is 0 Å². The van der Waals surface area contributed by atoms with Gasteiger partial charge in [-0.15, -0.1) is 0 Å². The molecule has 1 aliphatic rings. The number of aryl methyl sites for hydroxylation is 3. The zero-order valence-electron chi connectivity index (χ0n) is 19.0. The van der Waals surface area contributed by atoms with E-state index in [0.29, 0.717) is 19.4 Å². The summed E-state index contributed by atoms with van der Waals surface area (Å²) in [5.41, 5.74) is 3.84. The van der Waals surface area contributed by atoms with Crippen molar-refractivity contribution in [3.8, 4) is 0 Å². The fourth-order valence-electron chi connectivity index (χ4n) is 4.32. The van der Waals surface area contributed by atoms with E-state index in [-0.39, 0.29) is 24.4 Å². The van der Waals surface area contributed by atoms with Crippen LogP contribution < -0.4 is 21.3 Å². The Bertz CT molecular complexity index is 959. The van der Waals surface area contributed by atoms with E-state index < -0.39 is 5.54 Å². The topological polar surface area (TPSA) is 99.3 Å². The maximum absolute atomic E-state index is 13.0. The Balaban J connectivity index is 1.55. The van der Waals surface area contributed by atoms with Crippen molar-refractivity contribution in [3.63, 3.8) is 0 Å². The van der Waals surface area contributed by atoms with Gasteiger partial charge in [-0.1, -0.05) is 60.9 Å². The van der Waals surface area contributed by atoms with Crippen LogP contribution >= 0.6 is 0 Å². The zero-order valence-corrected chi connectivity index (χ0v) is 19.0. The van der Waals surface area contributed by atoms with Crippen molar-refractivity contribution in [3.05, 3.63) is 64.7 Å². The average molecular weight is 437 g/mol. The maximum Gasteiger partial charge on any atom is 0.315 e. The number of hydrogen-bond donors (Lipinski definition) is 4. The Morgan fingerprint density at radius 2 is 1.53 bits per heavy atom. The standard InChI is InChI=1S/C25H32N4O3/c1-17-13-18(2)22(19(3)14-17)28-21(30)16-26-23(31)25(11-7-8-12-25)29-24(32)27-15-20-9-5-4-6-10-20/h4-6,9-10,13-14H,7-8,11-12,15-16H2,1-3H3,(H,26,31)(H,28,30)(H2,27,29,32). The maximum atomic E-state index is 13.0. The van der Waals surface area contributed by atoms with Crippen LogP contribution in [-0.4, -0.2) is 29.9 Å². The Morgan fingerprint density at radius 1 is 0.906 bits per heavy atom. The second kappa shape index (κ2) is 10.3. The molecule has 2 aromatic carbocycles. The predicted molar refractivity (Wildman–Crippen MR) is 125 cm³/mol. The SMILES string of the molecule is Cc1cc(C)c(NC(=O)CNC(=O)C2(NC(=O)NCc3ccccc3)CCCC2)c(C)c1. The molecule has 170 valence electrons. The highest BCUT2D eigenvalue weighted by molar-refractivity contribution is 5.98. The first-order valence-corrected chi connectivity index (χ1v) is 11.0. The van der Waals surface area contributed by atoms with E-state index in [9.17, 15) is 14.4 Å². The third kappa shape index (κ3) is 5.87. The summed E-state index contributed by atoms with van der Waals surface area (Å²) in [4.78, 5) is 37.9. The van der Waals surface area contributed by atoms with Gasteiger partial charge < -0.3 is 21.3 Å². The monoisotopic (exact) mass is 436 g/mol. The molecule has 32 heavy (non-hydrogen) atoms. The smallest absolute Gasteiger partial charge is 0.315 e. The number of rotatable bonds is 7. The molecule has 0 atom stereocenters. The lowest BCUT2D eigenvalue weighted by Gasteiger charge is -2.29. The summed E-state index contributed by atoms with van der Waals surface area (Å²) >= 11 is 0. The number of urea groups is 1. The Labute approximate surface area is 189 Å². The van der Waals surface area contributed by atoms with Gasteiger partial charge in [0.05, 0.1) is 6.54 Å². The number of carbonyl (C=O) groups is 3. The molecule has 0 heterocycles. The fraction of sp³-hybridized carbons (Fsp3) is 0.400. The normalized spacial score (nSPS) is 14.5. The summed E-state index contributed by atoms with van der Waals surface area (Å²) in [5, 5.41) is 11.3. The molecule has 1 aliphatic carbocycles. The lowest BCUT2D eigenvalue weighted by Crippen LogP contribution is -2.59. The first kappa shape index (κ1) is 23.3. The van der Waals surface area contributed by atoms with Crippen molar-refractivity contribution in [2.75, 3.05) is 11.9 Å². The molecule has 0 radical (unpaired) electrons. The molecule has 7 nitrogen and oxygen atoms in total. The molecule has 0 unspecified atom stereocenters. The first-order valence-electron chi connectivity index (χ1n) is 11.0. The molecule has 7 heteroatoms. The lowest BCUT2D eigenvalue weighted by molar-refractivity contribution is -0.129. The molecule has 0 aliphatic heterocycles. The van der Waals surface area contributed by atoms with Gasteiger partial charge in [0.15, 0.2) is 0 Å². The van der Waals surface area contributed by atoms with E-state index in [0.717, 1.165) is 40.8 Å². The van der Waals surface area contributed by atoms with Crippen molar-refractivity contribution in [2.24, 2.45) is 0 Å². The molecule has 1 saturated carbocycles. The second-order valence-electron chi connectivity index (χ2n) is 8.59. The summed E-state index contributed by atoms with van der Waals surface area (Å²) in [6, 6.07) is 13.2. The van der Waals surface area contributed by atoms with Crippen LogP contribution in [-0.2, 0) is 16.1 Å². The van der Waals surface area contributed by atoms with Crippen molar-refractivity contribution in [1.82, 2.24) is 16.0 Å². The van der Waals surface area contributed by atoms with E-state index in [1.165, 1.54) is 0 Å². The molecule has 0 saturated heterocycles. The van der Waals surface area contributed by atoms with E-state index in [1.54, 1.807) is 0 Å². The molecule has 2 aromatic rings. The number of hydrogen-bond acceptors (Lipinski definition) is 3. The van der Waals surface area contributed by atoms with Gasteiger partial charge in [0.2, 0.25) is 11.8 Å². The Kier molecular flexibility index (Phi) is 7.51. The van der Waals surface area contributed by atoms with E-state index in [2.05, 4.69) is 21.3 Å². The minimum absolute atomic E-state index is 0.152. The summed E-state index contributed by atoms with van der Waals surface area (Å²) in [6.07, 6.45) is 2.80.